The Morgan fingerprint density at radius 3 is 2.39 bits per heavy atom. The maximum atomic E-state index is 6.07. The predicted octanol–water partition coefficient (Wildman–Crippen LogP) is 6.53. The third kappa shape index (κ3) is 4.06. The van der Waals surface area contributed by atoms with Crippen LogP contribution < -0.4 is 5.32 Å². The average Bonchev–Trinajstić information content (AvgIpc) is 3.10. The Bertz CT molecular complexity index is 1090. The minimum Gasteiger partial charge on any atom is -0.340 e. The van der Waals surface area contributed by atoms with Crippen molar-refractivity contribution < 1.29 is 0 Å². The van der Waals surface area contributed by atoms with Gasteiger partial charge in [-0.1, -0.05) is 61.0 Å². The van der Waals surface area contributed by atoms with E-state index in [2.05, 4.69) is 46.5 Å². The molecular formula is C22H19ClN4S. The van der Waals surface area contributed by atoms with Crippen molar-refractivity contribution in [3.05, 3.63) is 76.5 Å². The summed E-state index contributed by atoms with van der Waals surface area (Å²) in [6.45, 7) is 4.12. The van der Waals surface area contributed by atoms with Crippen molar-refractivity contribution in [1.82, 2.24) is 15.0 Å². The number of aryl methyl sites for hydroxylation is 2. The standard InChI is InChI=1S/C22H19ClN4S/c1-3-19-25-18(23)13-20(26-19)24-17-11-9-15(10-12-17)21-14(2)28-22(27-21)16-7-5-4-6-8-16/h4-13H,3H2,1-2H3,(H,24,25,26). The van der Waals surface area contributed by atoms with E-state index in [1.54, 1.807) is 17.4 Å². The first kappa shape index (κ1) is 18.6. The van der Waals surface area contributed by atoms with E-state index in [-0.39, 0.29) is 0 Å². The van der Waals surface area contributed by atoms with Crippen LogP contribution in [0, 0.1) is 6.92 Å². The highest BCUT2D eigenvalue weighted by molar-refractivity contribution is 7.15. The molecule has 2 aromatic heterocycles. The molecule has 0 saturated carbocycles. The Kier molecular flexibility index (Phi) is 5.37. The number of halogens is 1. The monoisotopic (exact) mass is 406 g/mol. The molecule has 28 heavy (non-hydrogen) atoms. The van der Waals surface area contributed by atoms with Gasteiger partial charge in [0, 0.05) is 34.2 Å². The lowest BCUT2D eigenvalue weighted by molar-refractivity contribution is 0.943. The van der Waals surface area contributed by atoms with Gasteiger partial charge in [0.2, 0.25) is 0 Å². The largest absolute Gasteiger partial charge is 0.340 e. The zero-order valence-electron chi connectivity index (χ0n) is 15.6. The van der Waals surface area contributed by atoms with Crippen LogP contribution in [0.15, 0.2) is 60.7 Å². The number of anilines is 2. The normalized spacial score (nSPS) is 10.8. The van der Waals surface area contributed by atoms with E-state index < -0.39 is 0 Å². The van der Waals surface area contributed by atoms with Crippen LogP contribution in [-0.2, 0) is 6.42 Å². The molecule has 0 atom stereocenters. The lowest BCUT2D eigenvalue weighted by atomic mass is 10.1. The zero-order valence-corrected chi connectivity index (χ0v) is 17.2. The number of rotatable bonds is 5. The molecule has 0 bridgehead atoms. The van der Waals surface area contributed by atoms with E-state index in [1.807, 2.05) is 37.3 Å². The van der Waals surface area contributed by atoms with Crippen LogP contribution in [0.4, 0.5) is 11.5 Å². The van der Waals surface area contributed by atoms with Gasteiger partial charge in [0.25, 0.3) is 0 Å². The molecule has 2 aromatic carbocycles. The van der Waals surface area contributed by atoms with Crippen LogP contribution in [0.1, 0.15) is 17.6 Å². The van der Waals surface area contributed by atoms with Gasteiger partial charge >= 0.3 is 0 Å². The van der Waals surface area contributed by atoms with Crippen LogP contribution in [0.25, 0.3) is 21.8 Å². The molecule has 0 saturated heterocycles. The Balaban J connectivity index is 1.57. The van der Waals surface area contributed by atoms with Gasteiger partial charge in [0.05, 0.1) is 5.69 Å². The summed E-state index contributed by atoms with van der Waals surface area (Å²) in [5.74, 6) is 1.42. The quantitative estimate of drug-likeness (QED) is 0.382. The number of hydrogen-bond donors (Lipinski definition) is 1. The maximum absolute atomic E-state index is 6.07. The Hall–Kier alpha value is -2.76. The molecule has 6 heteroatoms. The fourth-order valence-electron chi connectivity index (χ4n) is 2.91. The number of thiazole rings is 1. The van der Waals surface area contributed by atoms with Gasteiger partial charge in [0.1, 0.15) is 21.8 Å². The van der Waals surface area contributed by atoms with Gasteiger partial charge in [-0.15, -0.1) is 11.3 Å². The van der Waals surface area contributed by atoms with Crippen molar-refractivity contribution >= 4 is 34.4 Å². The summed E-state index contributed by atoms with van der Waals surface area (Å²) in [6, 6.07) is 20.2. The van der Waals surface area contributed by atoms with Gasteiger partial charge in [-0.2, -0.15) is 0 Å². The molecule has 140 valence electrons. The lowest BCUT2D eigenvalue weighted by Crippen LogP contribution is -1.99. The minimum atomic E-state index is 0.442. The van der Waals surface area contributed by atoms with Crippen molar-refractivity contribution in [2.75, 3.05) is 5.32 Å². The highest BCUT2D eigenvalue weighted by Gasteiger charge is 2.11. The Morgan fingerprint density at radius 1 is 0.929 bits per heavy atom. The molecule has 0 radical (unpaired) electrons. The van der Waals surface area contributed by atoms with E-state index >= 15 is 0 Å². The summed E-state index contributed by atoms with van der Waals surface area (Å²) in [6.07, 6.45) is 0.737. The zero-order chi connectivity index (χ0) is 19.5. The molecule has 4 nitrogen and oxygen atoms in total. The number of nitrogens with zero attached hydrogens (tertiary/aromatic N) is 3. The molecule has 0 unspecified atom stereocenters. The van der Waals surface area contributed by atoms with Gasteiger partial charge in [0.15, 0.2) is 0 Å². The molecule has 0 aliphatic heterocycles. The highest BCUT2D eigenvalue weighted by Crippen LogP contribution is 2.33. The number of aromatic nitrogens is 3. The third-order valence-corrected chi connectivity index (χ3v) is 5.52. The summed E-state index contributed by atoms with van der Waals surface area (Å²) in [7, 11) is 0. The van der Waals surface area contributed by atoms with Crippen molar-refractivity contribution in [2.45, 2.75) is 20.3 Å². The van der Waals surface area contributed by atoms with E-state index in [9.17, 15) is 0 Å². The van der Waals surface area contributed by atoms with Crippen LogP contribution in [-0.4, -0.2) is 15.0 Å². The molecule has 0 amide bonds. The first-order valence-electron chi connectivity index (χ1n) is 9.06. The first-order chi connectivity index (χ1) is 13.6. The molecular weight excluding hydrogens is 388 g/mol. The SMILES string of the molecule is CCc1nc(Cl)cc(Nc2ccc(-c3nc(-c4ccccc4)sc3C)cc2)n1. The van der Waals surface area contributed by atoms with E-state index in [0.717, 1.165) is 39.8 Å². The van der Waals surface area contributed by atoms with Crippen LogP contribution in [0.5, 0.6) is 0 Å². The highest BCUT2D eigenvalue weighted by atomic mass is 35.5. The van der Waals surface area contributed by atoms with Crippen LogP contribution in [0.3, 0.4) is 0 Å². The maximum Gasteiger partial charge on any atom is 0.135 e. The fourth-order valence-corrected chi connectivity index (χ4v) is 4.06. The van der Waals surface area contributed by atoms with Gasteiger partial charge in [-0.3, -0.25) is 0 Å². The molecule has 0 spiro atoms. The fraction of sp³-hybridized carbons (Fsp3) is 0.136. The molecule has 4 aromatic rings. The predicted molar refractivity (Wildman–Crippen MR) is 117 cm³/mol. The number of nitrogens with one attached hydrogen (secondary N) is 1. The van der Waals surface area contributed by atoms with Crippen molar-refractivity contribution in [3.8, 4) is 21.8 Å². The van der Waals surface area contributed by atoms with Crippen molar-refractivity contribution in [2.24, 2.45) is 0 Å². The van der Waals surface area contributed by atoms with Crippen molar-refractivity contribution in [3.63, 3.8) is 0 Å². The second kappa shape index (κ2) is 8.09. The molecule has 1 N–H and O–H groups in total. The van der Waals surface area contributed by atoms with E-state index in [4.69, 9.17) is 16.6 Å². The van der Waals surface area contributed by atoms with Crippen molar-refractivity contribution in [1.29, 1.82) is 0 Å². The summed E-state index contributed by atoms with van der Waals surface area (Å²) >= 11 is 7.79. The summed E-state index contributed by atoms with van der Waals surface area (Å²) in [4.78, 5) is 14.7. The Morgan fingerprint density at radius 2 is 1.68 bits per heavy atom. The summed E-state index contributed by atoms with van der Waals surface area (Å²) in [5, 5.41) is 4.77. The van der Waals surface area contributed by atoms with Gasteiger partial charge in [-0.25, -0.2) is 15.0 Å². The lowest BCUT2D eigenvalue weighted by Gasteiger charge is -2.08. The summed E-state index contributed by atoms with van der Waals surface area (Å²) in [5.41, 5.74) is 4.20. The first-order valence-corrected chi connectivity index (χ1v) is 10.3. The second-order valence-electron chi connectivity index (χ2n) is 6.34. The number of benzene rings is 2. The molecule has 4 rings (SSSR count). The van der Waals surface area contributed by atoms with Crippen LogP contribution in [0.2, 0.25) is 5.15 Å². The molecule has 2 heterocycles. The average molecular weight is 407 g/mol. The smallest absolute Gasteiger partial charge is 0.135 e. The molecule has 0 fully saturated rings. The minimum absolute atomic E-state index is 0.442. The van der Waals surface area contributed by atoms with E-state index in [1.165, 1.54) is 4.88 Å². The number of hydrogen-bond acceptors (Lipinski definition) is 5. The third-order valence-electron chi connectivity index (χ3n) is 4.31. The topological polar surface area (TPSA) is 50.7 Å². The van der Waals surface area contributed by atoms with Crippen LogP contribution >= 0.6 is 22.9 Å². The van der Waals surface area contributed by atoms with Gasteiger partial charge in [-0.05, 0) is 19.1 Å². The molecule has 0 aliphatic carbocycles. The molecule has 0 aliphatic rings. The van der Waals surface area contributed by atoms with Gasteiger partial charge < -0.3 is 5.32 Å². The summed E-state index contributed by atoms with van der Waals surface area (Å²) < 4.78 is 0. The second-order valence-corrected chi connectivity index (χ2v) is 7.93. The Labute approximate surface area is 173 Å². The van der Waals surface area contributed by atoms with E-state index in [0.29, 0.717) is 11.0 Å².